The molecule has 0 N–H and O–H groups in total. The van der Waals surface area contributed by atoms with Crippen LogP contribution in [0.25, 0.3) is 0 Å². The van der Waals surface area contributed by atoms with Crippen LogP contribution in [0.15, 0.2) is 34.4 Å². The van der Waals surface area contributed by atoms with Crippen molar-refractivity contribution >= 4 is 11.6 Å². The molecule has 2 aliphatic carbocycles. The molecule has 0 heterocycles. The molecule has 2 rings (SSSR count). The van der Waals surface area contributed by atoms with Crippen LogP contribution in [-0.4, -0.2) is 0 Å². The van der Waals surface area contributed by atoms with Gasteiger partial charge in [0, 0.05) is 30.1 Å². The quantitative estimate of drug-likeness (QED) is 0.559. The highest BCUT2D eigenvalue weighted by Crippen LogP contribution is 2.33. The minimum absolute atomic E-state index is 0.789. The van der Waals surface area contributed by atoms with Gasteiger partial charge in [0.15, 0.2) is 0 Å². The molecule has 0 bridgehead atoms. The highest BCUT2D eigenvalue weighted by Gasteiger charge is 2.22. The number of halogens is 1. The number of hydrogen-bond acceptors (Lipinski definition) is 0. The van der Waals surface area contributed by atoms with Crippen molar-refractivity contribution in [1.29, 1.82) is 0 Å². The Hall–Kier alpha value is -0.620. The highest BCUT2D eigenvalue weighted by atomic mass is 35.5. The van der Waals surface area contributed by atoms with Gasteiger partial charge in [-0.2, -0.15) is 0 Å². The van der Waals surface area contributed by atoms with Crippen LogP contribution >= 0.6 is 11.6 Å². The first-order valence-electron chi connectivity index (χ1n) is 5.87. The average Bonchev–Trinajstić information content (AvgIpc) is 2.29. The third kappa shape index (κ3) is 2.69. The van der Waals surface area contributed by atoms with Crippen molar-refractivity contribution in [2.45, 2.75) is 39.0 Å². The van der Waals surface area contributed by atoms with E-state index in [1.807, 2.05) is 12.2 Å². The predicted molar refractivity (Wildman–Crippen MR) is 66.7 cm³/mol. The molecule has 0 amide bonds. The summed E-state index contributed by atoms with van der Waals surface area (Å²) in [7, 11) is 0. The first kappa shape index (κ1) is 10.9. The lowest BCUT2D eigenvalue weighted by atomic mass is 9.81. The van der Waals surface area contributed by atoms with Crippen LogP contribution < -0.4 is 0 Å². The van der Waals surface area contributed by atoms with E-state index < -0.39 is 0 Å². The Balaban J connectivity index is 2.13. The Morgan fingerprint density at radius 2 is 2.07 bits per heavy atom. The van der Waals surface area contributed by atoms with Crippen molar-refractivity contribution in [3.05, 3.63) is 40.8 Å². The molecule has 0 atom stereocenters. The van der Waals surface area contributed by atoms with Gasteiger partial charge in [0.05, 0.1) is 11.6 Å². The molecular weight excluding hydrogens is 204 g/mol. The van der Waals surface area contributed by atoms with Gasteiger partial charge in [0.25, 0.3) is 0 Å². The van der Waals surface area contributed by atoms with E-state index >= 15 is 0 Å². The van der Waals surface area contributed by atoms with E-state index in [2.05, 4.69) is 19.4 Å². The number of hydrogen-bond donors (Lipinski definition) is 0. The first-order valence-corrected chi connectivity index (χ1v) is 6.24. The van der Waals surface area contributed by atoms with E-state index in [9.17, 15) is 0 Å². The Kier molecular flexibility index (Phi) is 3.58. The third-order valence-corrected chi connectivity index (χ3v) is 3.73. The van der Waals surface area contributed by atoms with Gasteiger partial charge in [0.1, 0.15) is 5.03 Å². The van der Waals surface area contributed by atoms with Gasteiger partial charge in [-0.25, -0.2) is 0 Å². The molecule has 0 saturated heterocycles. The summed E-state index contributed by atoms with van der Waals surface area (Å²) >= 11 is 6.01. The molecule has 0 aromatic carbocycles. The summed E-state index contributed by atoms with van der Waals surface area (Å²) in [6, 6.07) is 0. The molecule has 0 aliphatic heterocycles. The molecule has 0 unspecified atom stereocenters. The fraction of sp³-hybridized carbons (Fsp3) is 0.500. The molecule has 0 nitrogen and oxygen atoms in total. The predicted octanol–water partition coefficient (Wildman–Crippen LogP) is 4.78. The maximum atomic E-state index is 6.01. The largest absolute Gasteiger partial charge is 0.124 e. The first-order chi connectivity index (χ1) is 7.27. The maximum Gasteiger partial charge on any atom is 0.124 e. The summed E-state index contributed by atoms with van der Waals surface area (Å²) in [5.74, 6) is 0.789. The van der Waals surface area contributed by atoms with Crippen molar-refractivity contribution in [2.75, 3.05) is 0 Å². The average molecular weight is 222 g/mol. The van der Waals surface area contributed by atoms with Crippen molar-refractivity contribution in [1.82, 2.24) is 0 Å². The lowest BCUT2D eigenvalue weighted by molar-refractivity contribution is 0.401. The van der Waals surface area contributed by atoms with Crippen molar-refractivity contribution in [2.24, 2.45) is 5.92 Å². The van der Waals surface area contributed by atoms with E-state index in [4.69, 9.17) is 11.6 Å². The summed E-state index contributed by atoms with van der Waals surface area (Å²) in [6.07, 6.45) is 15.2. The van der Waals surface area contributed by atoms with Crippen LogP contribution in [0.2, 0.25) is 0 Å². The molecular formula is C14H18Cl+. The van der Waals surface area contributed by atoms with Gasteiger partial charge in [-0.3, -0.25) is 0 Å². The SMILES string of the molecule is C/C(=C1/C=C(Cl)C=C[CH+]1)C1CCCCC1. The van der Waals surface area contributed by atoms with Crippen LogP contribution in [-0.2, 0) is 0 Å². The van der Waals surface area contributed by atoms with Gasteiger partial charge in [0.2, 0.25) is 0 Å². The molecule has 1 saturated carbocycles. The topological polar surface area (TPSA) is 0 Å². The van der Waals surface area contributed by atoms with Gasteiger partial charge in [-0.1, -0.05) is 30.9 Å². The van der Waals surface area contributed by atoms with Gasteiger partial charge < -0.3 is 0 Å². The van der Waals surface area contributed by atoms with Crippen LogP contribution in [0.5, 0.6) is 0 Å². The minimum Gasteiger partial charge on any atom is -0.0604 e. The minimum atomic E-state index is 0.789. The Labute approximate surface area is 97.7 Å². The zero-order valence-corrected chi connectivity index (χ0v) is 10.1. The van der Waals surface area contributed by atoms with Crippen LogP contribution in [0.3, 0.4) is 0 Å². The second kappa shape index (κ2) is 4.94. The third-order valence-electron chi connectivity index (χ3n) is 3.50. The fourth-order valence-electron chi connectivity index (χ4n) is 2.51. The second-order valence-corrected chi connectivity index (χ2v) is 4.96. The van der Waals surface area contributed by atoms with Crippen molar-refractivity contribution in [3.63, 3.8) is 0 Å². The highest BCUT2D eigenvalue weighted by molar-refractivity contribution is 6.31. The molecule has 1 fully saturated rings. The maximum absolute atomic E-state index is 6.01. The van der Waals surface area contributed by atoms with E-state index in [1.165, 1.54) is 43.3 Å². The molecule has 2 aliphatic rings. The molecule has 80 valence electrons. The Bertz CT molecular complexity index is 314. The van der Waals surface area contributed by atoms with E-state index in [0.717, 1.165) is 11.0 Å². The van der Waals surface area contributed by atoms with Crippen LogP contribution in [0.4, 0.5) is 0 Å². The number of rotatable bonds is 1. The second-order valence-electron chi connectivity index (χ2n) is 4.53. The zero-order valence-electron chi connectivity index (χ0n) is 9.30. The van der Waals surface area contributed by atoms with Crippen molar-refractivity contribution in [3.8, 4) is 0 Å². The van der Waals surface area contributed by atoms with E-state index in [0.29, 0.717) is 0 Å². The monoisotopic (exact) mass is 221 g/mol. The lowest BCUT2D eigenvalue weighted by Gasteiger charge is -2.21. The molecule has 0 spiro atoms. The molecule has 0 radical (unpaired) electrons. The molecule has 0 aromatic rings. The molecule has 0 aromatic heterocycles. The Morgan fingerprint density at radius 1 is 1.33 bits per heavy atom. The zero-order chi connectivity index (χ0) is 10.7. The summed E-state index contributed by atoms with van der Waals surface area (Å²) in [5, 5.41) is 0.850. The van der Waals surface area contributed by atoms with Gasteiger partial charge in [-0.05, 0) is 19.8 Å². The fourth-order valence-corrected chi connectivity index (χ4v) is 2.70. The molecule has 15 heavy (non-hydrogen) atoms. The van der Waals surface area contributed by atoms with E-state index in [-0.39, 0.29) is 0 Å². The molecule has 1 heteroatoms. The van der Waals surface area contributed by atoms with Crippen molar-refractivity contribution < 1.29 is 0 Å². The summed E-state index contributed by atoms with van der Waals surface area (Å²) in [6.45, 7) is 2.27. The van der Waals surface area contributed by atoms with Crippen LogP contribution in [0, 0.1) is 12.3 Å². The standard InChI is InChI=1S/C14H18Cl/c1-11(12-6-3-2-4-7-12)13-8-5-9-14(15)10-13/h5,8-10,12H,2-4,6-7H2,1H3/q+1/b13-11-. The Morgan fingerprint density at radius 3 is 2.73 bits per heavy atom. The van der Waals surface area contributed by atoms with Gasteiger partial charge in [-0.15, -0.1) is 0 Å². The van der Waals surface area contributed by atoms with Gasteiger partial charge >= 0.3 is 0 Å². The van der Waals surface area contributed by atoms with Crippen LogP contribution in [0.1, 0.15) is 39.0 Å². The van der Waals surface area contributed by atoms with E-state index in [1.54, 1.807) is 0 Å². The summed E-state index contributed by atoms with van der Waals surface area (Å²) in [4.78, 5) is 0. The summed E-state index contributed by atoms with van der Waals surface area (Å²) in [5.41, 5.74) is 2.85. The number of allylic oxidation sites excluding steroid dienone is 6. The lowest BCUT2D eigenvalue weighted by Crippen LogP contribution is -2.09. The summed E-state index contributed by atoms with van der Waals surface area (Å²) < 4.78 is 0. The smallest absolute Gasteiger partial charge is 0.0604 e. The normalized spacial score (nSPS) is 25.9.